The van der Waals surface area contributed by atoms with Gasteiger partial charge in [0.25, 0.3) is 0 Å². The van der Waals surface area contributed by atoms with Gasteiger partial charge in [-0.25, -0.2) is 4.79 Å². The third-order valence-electron chi connectivity index (χ3n) is 4.23. The molecule has 4 amide bonds. The lowest BCUT2D eigenvalue weighted by Crippen LogP contribution is -2.58. The fourth-order valence-corrected chi connectivity index (χ4v) is 2.70. The summed E-state index contributed by atoms with van der Waals surface area (Å²) >= 11 is 3.92. The van der Waals surface area contributed by atoms with E-state index in [0.29, 0.717) is 0 Å². The summed E-state index contributed by atoms with van der Waals surface area (Å²) in [6, 6.07) is -4.93. The maximum absolute atomic E-state index is 12.8. The van der Waals surface area contributed by atoms with Crippen LogP contribution in [-0.2, 0) is 24.0 Å². The van der Waals surface area contributed by atoms with Crippen LogP contribution in [0.15, 0.2) is 0 Å². The first-order valence-electron chi connectivity index (χ1n) is 9.76. The number of aliphatic hydroxyl groups excluding tert-OH is 1. The van der Waals surface area contributed by atoms with E-state index in [1.54, 1.807) is 13.8 Å². The van der Waals surface area contributed by atoms with Crippen LogP contribution < -0.4 is 27.4 Å². The van der Waals surface area contributed by atoms with E-state index in [9.17, 15) is 29.1 Å². The number of aliphatic hydroxyl groups is 1. The largest absolute Gasteiger partial charge is 0.480 e. The van der Waals surface area contributed by atoms with Crippen molar-refractivity contribution < 1.29 is 34.2 Å². The van der Waals surface area contributed by atoms with Gasteiger partial charge in [0.15, 0.2) is 6.04 Å². The number of hydrogen-bond acceptors (Lipinski definition) is 8. The van der Waals surface area contributed by atoms with Crippen LogP contribution >= 0.6 is 12.6 Å². The Bertz CT molecular complexity index is 659. The molecule has 31 heavy (non-hydrogen) atoms. The molecule has 0 aromatic heterocycles. The third kappa shape index (κ3) is 11.0. The van der Waals surface area contributed by atoms with Crippen molar-refractivity contribution in [3.05, 3.63) is 0 Å². The van der Waals surface area contributed by atoms with E-state index >= 15 is 0 Å². The summed E-state index contributed by atoms with van der Waals surface area (Å²) < 4.78 is 0. The van der Waals surface area contributed by atoms with E-state index in [-0.39, 0.29) is 30.9 Å². The number of carboxylic acid groups (broad SMARTS) is 1. The Morgan fingerprint density at radius 3 is 1.87 bits per heavy atom. The normalized spacial score (nSPS) is 15.8. The second kappa shape index (κ2) is 13.8. The van der Waals surface area contributed by atoms with Crippen molar-refractivity contribution in [3.63, 3.8) is 0 Å². The van der Waals surface area contributed by atoms with Crippen molar-refractivity contribution in [3.8, 4) is 0 Å². The number of amides is 4. The molecule has 0 spiro atoms. The molecule has 5 atom stereocenters. The highest BCUT2D eigenvalue weighted by Crippen LogP contribution is 2.08. The van der Waals surface area contributed by atoms with E-state index in [4.69, 9.17) is 16.6 Å². The smallest absolute Gasteiger partial charge is 0.328 e. The van der Waals surface area contributed by atoms with Crippen LogP contribution in [0.1, 0.15) is 40.0 Å². The predicted octanol–water partition coefficient (Wildman–Crippen LogP) is -2.53. The predicted molar refractivity (Wildman–Crippen MR) is 115 cm³/mol. The second-order valence-electron chi connectivity index (χ2n) is 7.61. The quantitative estimate of drug-likeness (QED) is 0.128. The zero-order valence-electron chi connectivity index (χ0n) is 17.8. The fraction of sp³-hybridized carbons (Fsp3) is 0.722. The molecule has 0 aromatic carbocycles. The molecule has 0 fully saturated rings. The summed E-state index contributed by atoms with van der Waals surface area (Å²) in [4.78, 5) is 59.8. The van der Waals surface area contributed by atoms with Crippen LogP contribution in [0.5, 0.6) is 0 Å². The van der Waals surface area contributed by atoms with Gasteiger partial charge in [-0.05, 0) is 25.7 Å². The van der Waals surface area contributed by atoms with Crippen LogP contribution in [0.3, 0.4) is 0 Å². The van der Waals surface area contributed by atoms with E-state index in [0.717, 1.165) is 0 Å². The molecule has 0 saturated heterocycles. The average molecular weight is 464 g/mol. The van der Waals surface area contributed by atoms with E-state index < -0.39 is 59.9 Å². The van der Waals surface area contributed by atoms with Gasteiger partial charge in [-0.15, -0.1) is 0 Å². The Kier molecular flexibility index (Phi) is 12.8. The first-order valence-corrected chi connectivity index (χ1v) is 10.4. The van der Waals surface area contributed by atoms with Crippen molar-refractivity contribution in [2.45, 2.75) is 70.3 Å². The van der Waals surface area contributed by atoms with E-state index in [1.807, 2.05) is 0 Å². The zero-order chi connectivity index (χ0) is 24.3. The summed E-state index contributed by atoms with van der Waals surface area (Å²) in [6.07, 6.45) is -1.56. The summed E-state index contributed by atoms with van der Waals surface area (Å²) in [5, 5.41) is 25.8. The molecule has 0 bridgehead atoms. The van der Waals surface area contributed by atoms with Crippen LogP contribution in [0, 0.1) is 5.92 Å². The minimum Gasteiger partial charge on any atom is -0.480 e. The van der Waals surface area contributed by atoms with Crippen molar-refractivity contribution >= 4 is 42.2 Å². The molecule has 0 rings (SSSR count). The van der Waals surface area contributed by atoms with Gasteiger partial charge in [0.2, 0.25) is 23.6 Å². The standard InChI is InChI=1S/C18H33N5O7S/c1-8(2)6-12(17(28)23-14(9(3)24)18(29)30)22-16(27)11(4-5-13(20)25)21-15(26)10(19)7-31/h8-12,14,24,31H,4-7,19H2,1-3H3,(H2,20,25)(H,21,26)(H,22,27)(H,23,28)(H,29,30). The van der Waals surface area contributed by atoms with Gasteiger partial charge in [0.05, 0.1) is 12.1 Å². The Morgan fingerprint density at radius 1 is 0.935 bits per heavy atom. The maximum atomic E-state index is 12.8. The molecule has 0 aliphatic rings. The van der Waals surface area contributed by atoms with Gasteiger partial charge < -0.3 is 37.6 Å². The van der Waals surface area contributed by atoms with Gasteiger partial charge in [0, 0.05) is 12.2 Å². The number of hydrogen-bond donors (Lipinski definition) is 8. The Balaban J connectivity index is 5.51. The van der Waals surface area contributed by atoms with Crippen molar-refractivity contribution in [1.82, 2.24) is 16.0 Å². The molecule has 13 heteroatoms. The summed E-state index contributed by atoms with van der Waals surface area (Å²) in [7, 11) is 0. The highest BCUT2D eigenvalue weighted by Gasteiger charge is 2.32. The Hall–Kier alpha value is -2.38. The molecule has 0 aliphatic carbocycles. The molecule has 0 heterocycles. The molecule has 0 aliphatic heterocycles. The molecule has 5 unspecified atom stereocenters. The molecule has 12 nitrogen and oxygen atoms in total. The topological polar surface area (TPSA) is 214 Å². The Labute approximate surface area is 186 Å². The minimum absolute atomic E-state index is 0.0181. The van der Waals surface area contributed by atoms with Gasteiger partial charge in [-0.3, -0.25) is 19.2 Å². The number of carbonyl (C=O) groups is 5. The van der Waals surface area contributed by atoms with Crippen molar-refractivity contribution in [1.29, 1.82) is 0 Å². The third-order valence-corrected chi connectivity index (χ3v) is 4.63. The number of aliphatic carboxylic acids is 1. The summed E-state index contributed by atoms with van der Waals surface area (Å²) in [5.41, 5.74) is 10.7. The molecular formula is C18H33N5O7S. The summed E-state index contributed by atoms with van der Waals surface area (Å²) in [5.74, 6) is -4.45. The lowest BCUT2D eigenvalue weighted by molar-refractivity contribution is -0.145. The van der Waals surface area contributed by atoms with Gasteiger partial charge >= 0.3 is 5.97 Å². The van der Waals surface area contributed by atoms with Crippen LogP contribution in [0.25, 0.3) is 0 Å². The number of carboxylic acids is 1. The van der Waals surface area contributed by atoms with E-state index in [1.165, 1.54) is 6.92 Å². The van der Waals surface area contributed by atoms with E-state index in [2.05, 4.69) is 28.6 Å². The van der Waals surface area contributed by atoms with Crippen LogP contribution in [0.2, 0.25) is 0 Å². The molecule has 0 saturated carbocycles. The number of carbonyl (C=O) groups excluding carboxylic acids is 4. The number of nitrogens with one attached hydrogen (secondary N) is 3. The highest BCUT2D eigenvalue weighted by atomic mass is 32.1. The van der Waals surface area contributed by atoms with Crippen LogP contribution in [-0.4, -0.2) is 75.8 Å². The first kappa shape index (κ1) is 28.6. The molecule has 9 N–H and O–H groups in total. The average Bonchev–Trinajstić information content (AvgIpc) is 2.66. The van der Waals surface area contributed by atoms with Crippen molar-refractivity contribution in [2.75, 3.05) is 5.75 Å². The molecule has 0 aromatic rings. The fourth-order valence-electron chi connectivity index (χ4n) is 2.53. The SMILES string of the molecule is CC(C)CC(NC(=O)C(CCC(N)=O)NC(=O)C(N)CS)C(=O)NC(C(=O)O)C(C)O. The number of rotatable bonds is 14. The van der Waals surface area contributed by atoms with Crippen molar-refractivity contribution in [2.24, 2.45) is 17.4 Å². The highest BCUT2D eigenvalue weighted by molar-refractivity contribution is 7.80. The molecule has 178 valence electrons. The Morgan fingerprint density at radius 2 is 1.45 bits per heavy atom. The second-order valence-corrected chi connectivity index (χ2v) is 7.98. The van der Waals surface area contributed by atoms with Crippen LogP contribution in [0.4, 0.5) is 0 Å². The summed E-state index contributed by atoms with van der Waals surface area (Å²) in [6.45, 7) is 4.77. The zero-order valence-corrected chi connectivity index (χ0v) is 18.7. The number of nitrogens with two attached hydrogens (primary N) is 2. The minimum atomic E-state index is -1.57. The molecule has 0 radical (unpaired) electrons. The number of thiol groups is 1. The lowest BCUT2D eigenvalue weighted by Gasteiger charge is -2.26. The van der Waals surface area contributed by atoms with Gasteiger partial charge in [-0.1, -0.05) is 13.8 Å². The van der Waals surface area contributed by atoms with Gasteiger partial charge in [-0.2, -0.15) is 12.6 Å². The van der Waals surface area contributed by atoms with Gasteiger partial charge in [0.1, 0.15) is 12.1 Å². The first-order chi connectivity index (χ1) is 14.3. The monoisotopic (exact) mass is 463 g/mol. The number of primary amides is 1. The molecular weight excluding hydrogens is 430 g/mol. The lowest BCUT2D eigenvalue weighted by atomic mass is 10.0. The maximum Gasteiger partial charge on any atom is 0.328 e.